The number of ether oxygens (including phenoxy) is 1. The monoisotopic (exact) mass is 410 g/mol. The number of allylic oxidation sites excluding steroid dienone is 2. The molecule has 0 amide bonds. The predicted molar refractivity (Wildman–Crippen MR) is 108 cm³/mol. The first kappa shape index (κ1) is 18.4. The lowest BCUT2D eigenvalue weighted by atomic mass is 9.69. The summed E-state index contributed by atoms with van der Waals surface area (Å²) in [5.74, 6) is 0.285. The van der Waals surface area contributed by atoms with Crippen LogP contribution in [0.3, 0.4) is 0 Å². The van der Waals surface area contributed by atoms with Crippen molar-refractivity contribution in [3.8, 4) is 5.75 Å². The minimum Gasteiger partial charge on any atom is -0.488 e. The summed E-state index contributed by atoms with van der Waals surface area (Å²) in [6, 6.07) is 16.4. The largest absolute Gasteiger partial charge is 0.488 e. The Hall–Kier alpha value is -2.60. The first-order chi connectivity index (χ1) is 13.8. The number of Topliss-reactive ketones (excluding diaryl/α,β-unsaturated/α-hetero) is 1. The van der Waals surface area contributed by atoms with Gasteiger partial charge in [0.05, 0.1) is 0 Å². The maximum atomic E-state index is 13.2. The van der Waals surface area contributed by atoms with E-state index in [4.69, 9.17) is 8.92 Å². The standard InChI is InChI=1S/C23H22O5S/c1-23(2)12-16(24)20-18(13-23)27-21(14-8-4-3-5-9-14)22-19(20)15-10-6-7-11-17(15)28-29(22,25)26/h3-11,19,21-22H,12-13H2,1-2H3/t19-,21-,22+/m1/s1. The number of carbonyl (C=O) groups is 1. The fourth-order valence-electron chi connectivity index (χ4n) is 4.83. The summed E-state index contributed by atoms with van der Waals surface area (Å²) in [6.07, 6.45) is 0.237. The first-order valence-corrected chi connectivity index (χ1v) is 11.2. The molecule has 3 aliphatic rings. The number of fused-ring (bicyclic) bond motifs is 4. The van der Waals surface area contributed by atoms with Crippen LogP contribution in [0.2, 0.25) is 0 Å². The van der Waals surface area contributed by atoms with Gasteiger partial charge in [0.2, 0.25) is 0 Å². The molecule has 3 atom stereocenters. The molecule has 0 unspecified atom stereocenters. The van der Waals surface area contributed by atoms with Crippen molar-refractivity contribution >= 4 is 15.9 Å². The van der Waals surface area contributed by atoms with Crippen molar-refractivity contribution in [2.75, 3.05) is 0 Å². The molecule has 0 radical (unpaired) electrons. The fraction of sp³-hybridized carbons (Fsp3) is 0.348. The second-order valence-corrected chi connectivity index (χ2v) is 10.5. The van der Waals surface area contributed by atoms with Crippen LogP contribution in [0.15, 0.2) is 65.9 Å². The Morgan fingerprint density at radius 2 is 1.66 bits per heavy atom. The molecule has 0 spiro atoms. The van der Waals surface area contributed by atoms with Gasteiger partial charge in [-0.1, -0.05) is 62.4 Å². The van der Waals surface area contributed by atoms with E-state index in [0.717, 1.165) is 11.1 Å². The van der Waals surface area contributed by atoms with E-state index in [1.165, 1.54) is 0 Å². The van der Waals surface area contributed by atoms with Crippen LogP contribution < -0.4 is 4.18 Å². The van der Waals surface area contributed by atoms with Crippen LogP contribution in [0.5, 0.6) is 5.75 Å². The fourth-order valence-corrected chi connectivity index (χ4v) is 6.48. The number of rotatable bonds is 1. The van der Waals surface area contributed by atoms with Gasteiger partial charge >= 0.3 is 10.1 Å². The highest BCUT2D eigenvalue weighted by Gasteiger charge is 2.56. The predicted octanol–water partition coefficient (Wildman–Crippen LogP) is 4.28. The Balaban J connectivity index is 1.78. The lowest BCUT2D eigenvalue weighted by Gasteiger charge is -2.46. The quantitative estimate of drug-likeness (QED) is 0.657. The molecule has 6 heteroatoms. The number of ketones is 1. The molecule has 2 aromatic rings. The van der Waals surface area contributed by atoms with Crippen LogP contribution >= 0.6 is 0 Å². The van der Waals surface area contributed by atoms with Crippen LogP contribution in [0.25, 0.3) is 0 Å². The smallest absolute Gasteiger partial charge is 0.317 e. The molecule has 29 heavy (non-hydrogen) atoms. The molecule has 2 heterocycles. The Bertz CT molecular complexity index is 1130. The molecular weight excluding hydrogens is 388 g/mol. The number of hydrogen-bond acceptors (Lipinski definition) is 5. The lowest BCUT2D eigenvalue weighted by Crippen LogP contribution is -2.47. The lowest BCUT2D eigenvalue weighted by molar-refractivity contribution is -0.120. The van der Waals surface area contributed by atoms with Gasteiger partial charge in [-0.05, 0) is 17.0 Å². The molecule has 150 valence electrons. The minimum absolute atomic E-state index is 0.0373. The number of para-hydroxylation sites is 1. The second kappa shape index (κ2) is 6.20. The maximum absolute atomic E-state index is 13.2. The van der Waals surface area contributed by atoms with Crippen molar-refractivity contribution in [1.82, 2.24) is 0 Å². The topological polar surface area (TPSA) is 69.7 Å². The highest BCUT2D eigenvalue weighted by atomic mass is 32.2. The third-order valence-corrected chi connectivity index (χ3v) is 7.61. The number of carbonyl (C=O) groups excluding carboxylic acids is 1. The summed E-state index contributed by atoms with van der Waals surface area (Å²) in [6.45, 7) is 4.08. The van der Waals surface area contributed by atoms with Gasteiger partial charge in [0.15, 0.2) is 5.78 Å². The van der Waals surface area contributed by atoms with Gasteiger partial charge in [0, 0.05) is 29.9 Å². The Labute approximate surface area is 170 Å². The van der Waals surface area contributed by atoms with E-state index in [9.17, 15) is 13.2 Å². The van der Waals surface area contributed by atoms with E-state index < -0.39 is 27.4 Å². The van der Waals surface area contributed by atoms with Crippen LogP contribution in [-0.2, 0) is 19.6 Å². The van der Waals surface area contributed by atoms with Crippen LogP contribution in [0.1, 0.15) is 49.8 Å². The van der Waals surface area contributed by atoms with Crippen molar-refractivity contribution in [3.63, 3.8) is 0 Å². The number of benzene rings is 2. The van der Waals surface area contributed by atoms with E-state index in [0.29, 0.717) is 29.9 Å². The van der Waals surface area contributed by atoms with Crippen molar-refractivity contribution in [1.29, 1.82) is 0 Å². The first-order valence-electron chi connectivity index (χ1n) is 9.77. The highest BCUT2D eigenvalue weighted by Crippen LogP contribution is 2.55. The van der Waals surface area contributed by atoms with Crippen molar-refractivity contribution in [2.45, 2.75) is 44.0 Å². The molecular formula is C23H22O5S. The Kier molecular flexibility index (Phi) is 3.94. The average molecular weight is 410 g/mol. The molecule has 5 nitrogen and oxygen atoms in total. The van der Waals surface area contributed by atoms with Crippen LogP contribution in [0, 0.1) is 5.41 Å². The molecule has 1 aliphatic carbocycles. The summed E-state index contributed by atoms with van der Waals surface area (Å²) in [7, 11) is -4.01. The van der Waals surface area contributed by atoms with E-state index in [2.05, 4.69) is 0 Å². The zero-order valence-electron chi connectivity index (χ0n) is 16.3. The van der Waals surface area contributed by atoms with Gasteiger partial charge in [-0.2, -0.15) is 8.42 Å². The van der Waals surface area contributed by atoms with Gasteiger partial charge in [-0.25, -0.2) is 0 Å². The summed E-state index contributed by atoms with van der Waals surface area (Å²) >= 11 is 0. The third kappa shape index (κ3) is 2.89. The van der Waals surface area contributed by atoms with Crippen molar-refractivity contribution in [3.05, 3.63) is 77.1 Å². The van der Waals surface area contributed by atoms with Crippen LogP contribution in [0.4, 0.5) is 0 Å². The van der Waals surface area contributed by atoms with Crippen LogP contribution in [-0.4, -0.2) is 19.5 Å². The zero-order valence-corrected chi connectivity index (χ0v) is 17.1. The molecule has 0 aromatic heterocycles. The highest BCUT2D eigenvalue weighted by molar-refractivity contribution is 7.87. The van der Waals surface area contributed by atoms with E-state index in [1.54, 1.807) is 12.1 Å². The summed E-state index contributed by atoms with van der Waals surface area (Å²) in [5.41, 5.74) is 1.77. The van der Waals surface area contributed by atoms with E-state index in [1.807, 2.05) is 56.3 Å². The van der Waals surface area contributed by atoms with Gasteiger partial charge in [-0.3, -0.25) is 4.79 Å². The molecule has 0 N–H and O–H groups in total. The molecule has 2 aliphatic heterocycles. The minimum atomic E-state index is -4.01. The van der Waals surface area contributed by atoms with Gasteiger partial charge in [0.1, 0.15) is 22.9 Å². The summed E-state index contributed by atoms with van der Waals surface area (Å²) < 4.78 is 38.2. The zero-order chi connectivity index (χ0) is 20.4. The normalized spacial score (nSPS) is 29.0. The SMILES string of the molecule is CC1(C)CC(=O)C2=C(C1)O[C@H](c1ccccc1)[C@@H]1[C@@H]2c2ccccc2OS1(=O)=O. The van der Waals surface area contributed by atoms with E-state index >= 15 is 0 Å². The maximum Gasteiger partial charge on any atom is 0.317 e. The number of hydrogen-bond donors (Lipinski definition) is 0. The van der Waals surface area contributed by atoms with Gasteiger partial charge < -0.3 is 8.92 Å². The molecule has 2 aromatic carbocycles. The van der Waals surface area contributed by atoms with Gasteiger partial charge in [-0.15, -0.1) is 0 Å². The average Bonchev–Trinajstić information content (AvgIpc) is 2.66. The van der Waals surface area contributed by atoms with E-state index in [-0.39, 0.29) is 11.2 Å². The Morgan fingerprint density at radius 3 is 2.41 bits per heavy atom. The van der Waals surface area contributed by atoms with Crippen molar-refractivity contribution in [2.24, 2.45) is 5.41 Å². The summed E-state index contributed by atoms with van der Waals surface area (Å²) in [5, 5.41) is -1.01. The second-order valence-electron chi connectivity index (χ2n) is 8.78. The summed E-state index contributed by atoms with van der Waals surface area (Å²) in [4.78, 5) is 13.2. The molecule has 0 bridgehead atoms. The molecule has 0 saturated heterocycles. The third-order valence-electron chi connectivity index (χ3n) is 6.01. The Morgan fingerprint density at radius 1 is 0.966 bits per heavy atom. The molecule has 0 saturated carbocycles. The molecule has 0 fully saturated rings. The van der Waals surface area contributed by atoms with Gasteiger partial charge in [0.25, 0.3) is 0 Å². The van der Waals surface area contributed by atoms with Crippen molar-refractivity contribution < 1.29 is 22.1 Å². The molecule has 5 rings (SSSR count).